The Morgan fingerprint density at radius 1 is 1.30 bits per heavy atom. The average molecular weight is 275 g/mol. The third-order valence-electron chi connectivity index (χ3n) is 3.43. The standard InChI is InChI=1S/C16H22FN3/c1-11(2)16-14(10-20(4)19-16)9-18-12(3)13-6-5-7-15(17)8-13/h5-8,10-12,18H,9H2,1-4H3/t12-/m0/s1. The van der Waals surface area contributed by atoms with Gasteiger partial charge < -0.3 is 5.32 Å². The first-order valence-corrected chi connectivity index (χ1v) is 6.98. The molecule has 0 bridgehead atoms. The Balaban J connectivity index is 2.05. The Hall–Kier alpha value is -1.68. The molecule has 2 rings (SSSR count). The molecule has 1 heterocycles. The van der Waals surface area contributed by atoms with Gasteiger partial charge >= 0.3 is 0 Å². The molecule has 1 atom stereocenters. The van der Waals surface area contributed by atoms with Crippen molar-refractivity contribution in [2.24, 2.45) is 7.05 Å². The SMILES string of the molecule is CC(C)c1nn(C)cc1CN[C@@H](C)c1cccc(F)c1. The summed E-state index contributed by atoms with van der Waals surface area (Å²) in [6, 6.07) is 6.82. The normalized spacial score (nSPS) is 12.9. The summed E-state index contributed by atoms with van der Waals surface area (Å²) in [6.45, 7) is 7.06. The molecule has 4 heteroatoms. The fourth-order valence-electron chi connectivity index (χ4n) is 2.33. The van der Waals surface area contributed by atoms with Crippen LogP contribution in [-0.4, -0.2) is 9.78 Å². The molecule has 0 amide bonds. The molecule has 0 aliphatic carbocycles. The fourth-order valence-corrected chi connectivity index (χ4v) is 2.33. The molecule has 0 saturated heterocycles. The first-order chi connectivity index (χ1) is 9.47. The zero-order valence-electron chi connectivity index (χ0n) is 12.5. The molecule has 0 saturated carbocycles. The summed E-state index contributed by atoms with van der Waals surface area (Å²) in [5, 5.41) is 7.92. The minimum Gasteiger partial charge on any atom is -0.306 e. The first-order valence-electron chi connectivity index (χ1n) is 6.98. The number of aromatic nitrogens is 2. The van der Waals surface area contributed by atoms with Crippen molar-refractivity contribution in [2.45, 2.75) is 39.3 Å². The number of hydrogen-bond donors (Lipinski definition) is 1. The molecule has 0 aliphatic rings. The van der Waals surface area contributed by atoms with Crippen molar-refractivity contribution in [3.8, 4) is 0 Å². The molecule has 0 radical (unpaired) electrons. The van der Waals surface area contributed by atoms with Gasteiger partial charge in [0.1, 0.15) is 5.82 Å². The van der Waals surface area contributed by atoms with Crippen molar-refractivity contribution >= 4 is 0 Å². The van der Waals surface area contributed by atoms with E-state index in [1.807, 2.05) is 30.9 Å². The lowest BCUT2D eigenvalue weighted by Crippen LogP contribution is -2.18. The van der Waals surface area contributed by atoms with Gasteiger partial charge in [0, 0.05) is 31.4 Å². The van der Waals surface area contributed by atoms with Gasteiger partial charge in [-0.15, -0.1) is 0 Å². The maximum Gasteiger partial charge on any atom is 0.123 e. The van der Waals surface area contributed by atoms with E-state index in [2.05, 4.69) is 24.3 Å². The highest BCUT2D eigenvalue weighted by Gasteiger charge is 2.13. The molecule has 0 aliphatic heterocycles. The maximum absolute atomic E-state index is 13.2. The molecule has 2 aromatic rings. The minimum atomic E-state index is -0.194. The van der Waals surface area contributed by atoms with E-state index in [0.29, 0.717) is 5.92 Å². The van der Waals surface area contributed by atoms with Gasteiger partial charge in [0.05, 0.1) is 5.69 Å². The highest BCUT2D eigenvalue weighted by molar-refractivity contribution is 5.22. The van der Waals surface area contributed by atoms with E-state index < -0.39 is 0 Å². The number of nitrogens with one attached hydrogen (secondary N) is 1. The van der Waals surface area contributed by atoms with Gasteiger partial charge in [0.2, 0.25) is 0 Å². The smallest absolute Gasteiger partial charge is 0.123 e. The van der Waals surface area contributed by atoms with Crippen LogP contribution in [0.4, 0.5) is 4.39 Å². The molecule has 0 spiro atoms. The molecule has 20 heavy (non-hydrogen) atoms. The molecule has 1 aromatic carbocycles. The summed E-state index contributed by atoms with van der Waals surface area (Å²) < 4.78 is 15.1. The summed E-state index contributed by atoms with van der Waals surface area (Å²) in [5.41, 5.74) is 3.28. The number of aryl methyl sites for hydroxylation is 1. The van der Waals surface area contributed by atoms with E-state index in [-0.39, 0.29) is 11.9 Å². The first kappa shape index (κ1) is 14.7. The lowest BCUT2D eigenvalue weighted by Gasteiger charge is -2.14. The monoisotopic (exact) mass is 275 g/mol. The third-order valence-corrected chi connectivity index (χ3v) is 3.43. The number of nitrogens with zero attached hydrogens (tertiary/aromatic N) is 2. The Labute approximate surface area is 119 Å². The van der Waals surface area contributed by atoms with E-state index in [1.54, 1.807) is 12.1 Å². The molecule has 0 unspecified atom stereocenters. The Kier molecular flexibility index (Phi) is 4.55. The van der Waals surface area contributed by atoms with Gasteiger partial charge in [0.25, 0.3) is 0 Å². The molecule has 1 aromatic heterocycles. The van der Waals surface area contributed by atoms with Crippen molar-refractivity contribution < 1.29 is 4.39 Å². The predicted octanol–water partition coefficient (Wildman–Crippen LogP) is 3.53. The van der Waals surface area contributed by atoms with Crippen LogP contribution in [0.15, 0.2) is 30.5 Å². The third kappa shape index (κ3) is 3.45. The predicted molar refractivity (Wildman–Crippen MR) is 79.0 cm³/mol. The quantitative estimate of drug-likeness (QED) is 0.904. The number of rotatable bonds is 5. The van der Waals surface area contributed by atoms with Crippen LogP contribution in [0.5, 0.6) is 0 Å². The van der Waals surface area contributed by atoms with Crippen LogP contribution < -0.4 is 5.32 Å². The van der Waals surface area contributed by atoms with Crippen molar-refractivity contribution in [1.29, 1.82) is 0 Å². The van der Waals surface area contributed by atoms with Crippen LogP contribution in [0.25, 0.3) is 0 Å². The van der Waals surface area contributed by atoms with E-state index in [0.717, 1.165) is 17.8 Å². The van der Waals surface area contributed by atoms with Crippen molar-refractivity contribution in [3.63, 3.8) is 0 Å². The summed E-state index contributed by atoms with van der Waals surface area (Å²) in [5.74, 6) is 0.206. The van der Waals surface area contributed by atoms with Crippen molar-refractivity contribution in [1.82, 2.24) is 15.1 Å². The highest BCUT2D eigenvalue weighted by Crippen LogP contribution is 2.19. The van der Waals surface area contributed by atoms with Crippen molar-refractivity contribution in [2.75, 3.05) is 0 Å². The summed E-state index contributed by atoms with van der Waals surface area (Å²) >= 11 is 0. The topological polar surface area (TPSA) is 29.9 Å². The van der Waals surface area contributed by atoms with Gasteiger partial charge in [-0.05, 0) is 30.5 Å². The number of hydrogen-bond acceptors (Lipinski definition) is 2. The Bertz CT molecular complexity index is 575. The molecule has 108 valence electrons. The lowest BCUT2D eigenvalue weighted by molar-refractivity contribution is 0.561. The van der Waals surface area contributed by atoms with Gasteiger partial charge in [0.15, 0.2) is 0 Å². The van der Waals surface area contributed by atoms with Crippen LogP contribution >= 0.6 is 0 Å². The summed E-state index contributed by atoms with van der Waals surface area (Å²) in [7, 11) is 1.94. The lowest BCUT2D eigenvalue weighted by atomic mass is 10.1. The molecular weight excluding hydrogens is 253 g/mol. The minimum absolute atomic E-state index is 0.103. The Morgan fingerprint density at radius 2 is 2.05 bits per heavy atom. The van der Waals surface area contributed by atoms with Gasteiger partial charge in [-0.1, -0.05) is 26.0 Å². The Morgan fingerprint density at radius 3 is 2.70 bits per heavy atom. The van der Waals surface area contributed by atoms with Crippen LogP contribution in [-0.2, 0) is 13.6 Å². The van der Waals surface area contributed by atoms with Crippen molar-refractivity contribution in [3.05, 3.63) is 53.1 Å². The zero-order chi connectivity index (χ0) is 14.7. The molecule has 3 nitrogen and oxygen atoms in total. The second-order valence-electron chi connectivity index (χ2n) is 5.53. The summed E-state index contributed by atoms with van der Waals surface area (Å²) in [6.07, 6.45) is 2.04. The van der Waals surface area contributed by atoms with Crippen LogP contribution in [0.3, 0.4) is 0 Å². The van der Waals surface area contributed by atoms with Gasteiger partial charge in [-0.25, -0.2) is 4.39 Å². The molecule has 0 fully saturated rings. The molecule has 1 N–H and O–H groups in total. The highest BCUT2D eigenvalue weighted by atomic mass is 19.1. The van der Waals surface area contributed by atoms with E-state index >= 15 is 0 Å². The second kappa shape index (κ2) is 6.18. The molecular formula is C16H22FN3. The summed E-state index contributed by atoms with van der Waals surface area (Å²) in [4.78, 5) is 0. The maximum atomic E-state index is 13.2. The number of halogens is 1. The van der Waals surface area contributed by atoms with Gasteiger partial charge in [-0.2, -0.15) is 5.10 Å². The fraction of sp³-hybridized carbons (Fsp3) is 0.438. The van der Waals surface area contributed by atoms with E-state index in [1.165, 1.54) is 11.6 Å². The van der Waals surface area contributed by atoms with Crippen LogP contribution in [0.2, 0.25) is 0 Å². The number of benzene rings is 1. The largest absolute Gasteiger partial charge is 0.306 e. The average Bonchev–Trinajstić information content (AvgIpc) is 2.77. The van der Waals surface area contributed by atoms with Gasteiger partial charge in [-0.3, -0.25) is 4.68 Å². The van der Waals surface area contributed by atoms with E-state index in [9.17, 15) is 4.39 Å². The zero-order valence-corrected chi connectivity index (χ0v) is 12.5. The van der Waals surface area contributed by atoms with E-state index in [4.69, 9.17) is 0 Å². The van der Waals surface area contributed by atoms with Crippen LogP contribution in [0, 0.1) is 5.82 Å². The van der Waals surface area contributed by atoms with Crippen LogP contribution in [0.1, 0.15) is 49.6 Å². The second-order valence-corrected chi connectivity index (χ2v) is 5.53.